The molecule has 1 saturated carbocycles. The summed E-state index contributed by atoms with van der Waals surface area (Å²) in [4.78, 5) is 29.4. The normalized spacial score (nSPS) is 17.2. The summed E-state index contributed by atoms with van der Waals surface area (Å²) in [5.74, 6) is -0.0700. The van der Waals surface area contributed by atoms with E-state index in [2.05, 4.69) is 15.7 Å². The quantitative estimate of drug-likeness (QED) is 0.607. The van der Waals surface area contributed by atoms with Gasteiger partial charge in [0.05, 0.1) is 11.4 Å². The summed E-state index contributed by atoms with van der Waals surface area (Å²) in [5, 5.41) is 16.2. The Morgan fingerprint density at radius 1 is 1.12 bits per heavy atom. The number of rotatable bonds is 5. The number of nitrogens with one attached hydrogen (secondary N) is 2. The van der Waals surface area contributed by atoms with Crippen molar-refractivity contribution in [2.75, 3.05) is 18.6 Å². The molecule has 2 fully saturated rings. The van der Waals surface area contributed by atoms with Gasteiger partial charge in [-0.25, -0.2) is 4.79 Å². The lowest BCUT2D eigenvalue weighted by Gasteiger charge is -2.38. The minimum Gasteiger partial charge on any atom is -0.444 e. The van der Waals surface area contributed by atoms with Crippen molar-refractivity contribution in [1.82, 2.24) is 20.0 Å². The van der Waals surface area contributed by atoms with Crippen molar-refractivity contribution >= 4 is 17.7 Å². The van der Waals surface area contributed by atoms with E-state index in [0.29, 0.717) is 24.5 Å². The number of hydrogen-bond donors (Lipinski definition) is 3. The van der Waals surface area contributed by atoms with E-state index in [4.69, 9.17) is 9.94 Å². The van der Waals surface area contributed by atoms with Gasteiger partial charge >= 0.3 is 6.09 Å². The summed E-state index contributed by atoms with van der Waals surface area (Å²) >= 11 is 0. The van der Waals surface area contributed by atoms with Crippen LogP contribution in [0.5, 0.6) is 0 Å². The molecule has 0 bridgehead atoms. The highest BCUT2D eigenvalue weighted by Gasteiger charge is 2.40. The monoisotopic (exact) mass is 441 g/mol. The molecule has 0 atom stereocenters. The maximum absolute atomic E-state index is 13.4. The summed E-state index contributed by atoms with van der Waals surface area (Å²) in [6, 6.07) is 9.27. The molecule has 0 unspecified atom stereocenters. The molecule has 172 valence electrons. The zero-order valence-electron chi connectivity index (χ0n) is 18.8. The second-order valence-electron chi connectivity index (χ2n) is 9.50. The van der Waals surface area contributed by atoms with Gasteiger partial charge in [-0.05, 0) is 70.2 Å². The second kappa shape index (κ2) is 8.82. The fourth-order valence-electron chi connectivity index (χ4n) is 4.07. The van der Waals surface area contributed by atoms with Gasteiger partial charge in [-0.2, -0.15) is 5.10 Å². The van der Waals surface area contributed by atoms with Crippen LogP contribution < -0.4 is 5.48 Å². The Morgan fingerprint density at radius 3 is 2.31 bits per heavy atom. The van der Waals surface area contributed by atoms with Gasteiger partial charge in [0, 0.05) is 25.2 Å². The lowest BCUT2D eigenvalue weighted by atomic mass is 10.0. The van der Waals surface area contributed by atoms with Crippen LogP contribution in [0.2, 0.25) is 0 Å². The number of H-pyrrole nitrogens is 1. The predicted octanol–water partition coefficient (Wildman–Crippen LogP) is 3.88. The molecule has 2 heterocycles. The van der Waals surface area contributed by atoms with Gasteiger partial charge < -0.3 is 14.5 Å². The van der Waals surface area contributed by atoms with Gasteiger partial charge in [0.25, 0.3) is 5.91 Å². The molecule has 2 amide bonds. The molecule has 2 aliphatic rings. The lowest BCUT2D eigenvalue weighted by molar-refractivity contribution is 0.0141. The van der Waals surface area contributed by atoms with Gasteiger partial charge in [0.1, 0.15) is 5.60 Å². The first-order valence-electron chi connectivity index (χ1n) is 11.1. The van der Waals surface area contributed by atoms with Gasteiger partial charge in [0.2, 0.25) is 0 Å². The molecule has 1 aromatic heterocycles. The third-order valence-corrected chi connectivity index (χ3v) is 5.81. The summed E-state index contributed by atoms with van der Waals surface area (Å²) in [5.41, 5.74) is 4.18. The Hall–Kier alpha value is -3.07. The predicted molar refractivity (Wildman–Crippen MR) is 119 cm³/mol. The molecule has 1 saturated heterocycles. The molecule has 0 radical (unpaired) electrons. The molecule has 32 heavy (non-hydrogen) atoms. The number of ether oxygens (including phenoxy) is 1. The van der Waals surface area contributed by atoms with Crippen LogP contribution in [0.25, 0.3) is 11.3 Å². The number of amides is 2. The van der Waals surface area contributed by atoms with Gasteiger partial charge in [-0.15, -0.1) is 0 Å². The summed E-state index contributed by atoms with van der Waals surface area (Å²) < 4.78 is 5.48. The van der Waals surface area contributed by atoms with Gasteiger partial charge in [-0.3, -0.25) is 20.6 Å². The van der Waals surface area contributed by atoms with Crippen molar-refractivity contribution in [2.24, 2.45) is 0 Å². The molecule has 4 rings (SSSR count). The molecule has 1 aromatic carbocycles. The van der Waals surface area contributed by atoms with Crippen LogP contribution in [0, 0.1) is 0 Å². The summed E-state index contributed by atoms with van der Waals surface area (Å²) in [6.45, 7) is 6.74. The standard InChI is InChI=1S/C23H31N5O4/c1-23(2,3)32-22(30)27-12-10-18(11-13-27)28(17-8-9-17)21(29)20-14-19(24-25-20)15-4-6-16(26-31)7-5-15/h4-7,14,17-18,26,31H,8-13H2,1-3H3,(H,24,25). The van der Waals surface area contributed by atoms with E-state index in [0.717, 1.165) is 36.9 Å². The van der Waals surface area contributed by atoms with Crippen LogP contribution in [-0.4, -0.2) is 68.0 Å². The molecule has 0 spiro atoms. The number of benzene rings is 1. The molecular weight excluding hydrogens is 410 g/mol. The van der Waals surface area contributed by atoms with Crippen molar-refractivity contribution in [3.8, 4) is 11.3 Å². The largest absolute Gasteiger partial charge is 0.444 e. The fourth-order valence-corrected chi connectivity index (χ4v) is 4.07. The number of carbonyl (C=O) groups excluding carboxylic acids is 2. The molecular formula is C23H31N5O4. The number of hydrogen-bond acceptors (Lipinski definition) is 6. The molecule has 3 N–H and O–H groups in total. The third-order valence-electron chi connectivity index (χ3n) is 5.81. The van der Waals surface area contributed by atoms with E-state index in [1.54, 1.807) is 23.1 Å². The van der Waals surface area contributed by atoms with E-state index < -0.39 is 5.60 Å². The van der Waals surface area contributed by atoms with Crippen LogP contribution >= 0.6 is 0 Å². The number of carbonyl (C=O) groups is 2. The van der Waals surface area contributed by atoms with E-state index in [9.17, 15) is 9.59 Å². The van der Waals surface area contributed by atoms with Crippen molar-refractivity contribution in [3.63, 3.8) is 0 Å². The van der Waals surface area contributed by atoms with Gasteiger partial charge in [-0.1, -0.05) is 12.1 Å². The molecule has 9 heteroatoms. The summed E-state index contributed by atoms with van der Waals surface area (Å²) in [7, 11) is 0. The second-order valence-corrected chi connectivity index (χ2v) is 9.50. The van der Waals surface area contributed by atoms with Crippen molar-refractivity contribution in [3.05, 3.63) is 36.0 Å². The van der Waals surface area contributed by atoms with E-state index >= 15 is 0 Å². The first-order valence-corrected chi connectivity index (χ1v) is 11.1. The molecule has 2 aromatic rings. The summed E-state index contributed by atoms with van der Waals surface area (Å²) in [6.07, 6.45) is 3.18. The number of nitrogens with zero attached hydrogens (tertiary/aromatic N) is 3. The average molecular weight is 442 g/mol. The maximum atomic E-state index is 13.4. The highest BCUT2D eigenvalue weighted by Crippen LogP contribution is 2.33. The Balaban J connectivity index is 1.42. The van der Waals surface area contributed by atoms with Crippen molar-refractivity contribution < 1.29 is 19.5 Å². The smallest absolute Gasteiger partial charge is 0.410 e. The number of aromatic amines is 1. The maximum Gasteiger partial charge on any atom is 0.410 e. The first-order chi connectivity index (χ1) is 15.2. The van der Waals surface area contributed by atoms with Crippen LogP contribution in [0.1, 0.15) is 56.9 Å². The molecule has 1 aliphatic carbocycles. The zero-order chi connectivity index (χ0) is 22.9. The van der Waals surface area contributed by atoms with E-state index in [1.807, 2.05) is 37.8 Å². The minimum atomic E-state index is -0.517. The Kier molecular flexibility index (Phi) is 6.10. The Bertz CT molecular complexity index is 954. The van der Waals surface area contributed by atoms with Crippen molar-refractivity contribution in [2.45, 2.75) is 64.1 Å². The minimum absolute atomic E-state index is 0.0700. The van der Waals surface area contributed by atoms with E-state index in [-0.39, 0.29) is 24.1 Å². The fraction of sp³-hybridized carbons (Fsp3) is 0.522. The van der Waals surface area contributed by atoms with E-state index in [1.165, 1.54) is 0 Å². The first kappa shape index (κ1) is 22.1. The van der Waals surface area contributed by atoms with Crippen LogP contribution in [0.15, 0.2) is 30.3 Å². The zero-order valence-corrected chi connectivity index (χ0v) is 18.8. The lowest BCUT2D eigenvalue weighted by Crippen LogP contribution is -2.50. The van der Waals surface area contributed by atoms with Crippen LogP contribution in [0.3, 0.4) is 0 Å². The van der Waals surface area contributed by atoms with Gasteiger partial charge in [0.15, 0.2) is 5.69 Å². The van der Waals surface area contributed by atoms with Crippen LogP contribution in [0.4, 0.5) is 10.5 Å². The van der Waals surface area contributed by atoms with Crippen LogP contribution in [-0.2, 0) is 4.74 Å². The number of anilines is 1. The van der Waals surface area contributed by atoms with Crippen molar-refractivity contribution in [1.29, 1.82) is 0 Å². The highest BCUT2D eigenvalue weighted by atomic mass is 16.6. The highest BCUT2D eigenvalue weighted by molar-refractivity contribution is 5.94. The topological polar surface area (TPSA) is 111 Å². The average Bonchev–Trinajstić information content (AvgIpc) is 3.47. The SMILES string of the molecule is CC(C)(C)OC(=O)N1CCC(N(C(=O)c2cc(-c3ccc(NO)cc3)[nH]n2)C2CC2)CC1. The third kappa shape index (κ3) is 5.04. The molecule has 1 aliphatic heterocycles. The Labute approximate surface area is 187 Å². The number of aromatic nitrogens is 2. The molecule has 9 nitrogen and oxygen atoms in total. The number of likely N-dealkylation sites (tertiary alicyclic amines) is 1. The number of piperidine rings is 1. The Morgan fingerprint density at radius 2 is 1.75 bits per heavy atom.